The Morgan fingerprint density at radius 1 is 1.24 bits per heavy atom. The van der Waals surface area contributed by atoms with E-state index in [2.05, 4.69) is 36.1 Å². The molecule has 0 amide bonds. The molecule has 2 fully saturated rings. The second-order valence-electron chi connectivity index (χ2n) is 7.95. The highest BCUT2D eigenvalue weighted by atomic mass is 127. The van der Waals surface area contributed by atoms with Crippen LogP contribution in [0.2, 0.25) is 0 Å². The van der Waals surface area contributed by atoms with Crippen LogP contribution < -0.4 is 5.32 Å². The largest absolute Gasteiger partial charge is 0.376 e. The van der Waals surface area contributed by atoms with E-state index in [0.29, 0.717) is 18.8 Å². The van der Waals surface area contributed by atoms with Crippen molar-refractivity contribution in [1.82, 2.24) is 20.0 Å². The fourth-order valence-electron chi connectivity index (χ4n) is 4.04. The van der Waals surface area contributed by atoms with Gasteiger partial charge in [0.1, 0.15) is 0 Å². The monoisotopic (exact) mass is 519 g/mol. The van der Waals surface area contributed by atoms with Crippen molar-refractivity contribution in [2.75, 3.05) is 32.8 Å². The Kier molecular flexibility index (Phi) is 10.2. The second-order valence-corrected chi connectivity index (χ2v) is 7.95. The van der Waals surface area contributed by atoms with E-state index >= 15 is 0 Å². The number of nitrogens with zero attached hydrogens (tertiary/aromatic N) is 4. The topological polar surface area (TPSA) is 63.9 Å². The van der Waals surface area contributed by atoms with Crippen LogP contribution in [0.1, 0.15) is 56.0 Å². The normalized spacial score (nSPS) is 21.2. The van der Waals surface area contributed by atoms with Crippen molar-refractivity contribution < 1.29 is 9.47 Å². The van der Waals surface area contributed by atoms with Gasteiger partial charge in [-0.1, -0.05) is 0 Å². The molecule has 7 nitrogen and oxygen atoms in total. The molecule has 0 bridgehead atoms. The Hall–Kier alpha value is -0.870. The van der Waals surface area contributed by atoms with Crippen molar-refractivity contribution in [1.29, 1.82) is 0 Å². The first-order valence-corrected chi connectivity index (χ1v) is 10.8. The Balaban J connectivity index is 0.00000300. The molecular weight excluding hydrogens is 481 g/mol. The first-order valence-electron chi connectivity index (χ1n) is 10.8. The molecule has 1 N–H and O–H groups in total. The predicted octanol–water partition coefficient (Wildman–Crippen LogP) is 3.17. The van der Waals surface area contributed by atoms with Gasteiger partial charge < -0.3 is 19.7 Å². The van der Waals surface area contributed by atoms with E-state index in [-0.39, 0.29) is 24.0 Å². The molecule has 2 saturated heterocycles. The first-order chi connectivity index (χ1) is 13.6. The molecule has 0 saturated carbocycles. The highest BCUT2D eigenvalue weighted by Gasteiger charge is 2.24. The standard InChI is InChI=1S/C21H37N5O2.HI/c1-5-22-21(23-14-20-16(2)24-25(4)17(20)3)26-11-9-18(10-12-26)28-15-19-8-6-7-13-27-19;/h18-19H,5-15H2,1-4H3,(H,22,23);1H. The van der Waals surface area contributed by atoms with E-state index in [1.807, 2.05) is 11.7 Å². The summed E-state index contributed by atoms with van der Waals surface area (Å²) < 4.78 is 13.9. The number of nitrogens with one attached hydrogen (secondary N) is 1. The molecule has 0 radical (unpaired) electrons. The third-order valence-corrected chi connectivity index (χ3v) is 5.91. The Morgan fingerprint density at radius 2 is 2.00 bits per heavy atom. The van der Waals surface area contributed by atoms with Gasteiger partial charge in [-0.05, 0) is 52.9 Å². The molecule has 3 heterocycles. The number of aliphatic imine (C=N–C) groups is 1. The van der Waals surface area contributed by atoms with Crippen molar-refractivity contribution >= 4 is 29.9 Å². The van der Waals surface area contributed by atoms with Crippen LogP contribution in [0, 0.1) is 13.8 Å². The minimum absolute atomic E-state index is 0. The summed E-state index contributed by atoms with van der Waals surface area (Å²) in [5.74, 6) is 0.999. The smallest absolute Gasteiger partial charge is 0.194 e. The lowest BCUT2D eigenvalue weighted by atomic mass is 10.1. The summed E-state index contributed by atoms with van der Waals surface area (Å²) in [7, 11) is 1.99. The van der Waals surface area contributed by atoms with Crippen LogP contribution in [0.15, 0.2) is 4.99 Å². The number of aromatic nitrogens is 2. The lowest BCUT2D eigenvalue weighted by molar-refractivity contribution is -0.0721. The molecular formula is C21H38IN5O2. The molecule has 1 atom stereocenters. The Labute approximate surface area is 192 Å². The van der Waals surface area contributed by atoms with Gasteiger partial charge in [0.2, 0.25) is 0 Å². The van der Waals surface area contributed by atoms with E-state index in [9.17, 15) is 0 Å². The van der Waals surface area contributed by atoms with E-state index in [4.69, 9.17) is 14.5 Å². The van der Waals surface area contributed by atoms with Crippen molar-refractivity contribution in [3.63, 3.8) is 0 Å². The van der Waals surface area contributed by atoms with Crippen molar-refractivity contribution in [3.8, 4) is 0 Å². The molecule has 0 spiro atoms. The van der Waals surface area contributed by atoms with Crippen LogP contribution in [0.5, 0.6) is 0 Å². The molecule has 0 aliphatic carbocycles. The number of hydrogen-bond donors (Lipinski definition) is 1. The molecule has 0 aromatic carbocycles. The van der Waals surface area contributed by atoms with Crippen LogP contribution in [0.4, 0.5) is 0 Å². The zero-order valence-electron chi connectivity index (χ0n) is 18.4. The molecule has 29 heavy (non-hydrogen) atoms. The molecule has 2 aliphatic rings. The van der Waals surface area contributed by atoms with Crippen molar-refractivity contribution in [2.45, 2.75) is 71.6 Å². The molecule has 166 valence electrons. The number of ether oxygens (including phenoxy) is 2. The summed E-state index contributed by atoms with van der Waals surface area (Å²) in [4.78, 5) is 7.27. The maximum atomic E-state index is 6.15. The number of guanidine groups is 1. The van der Waals surface area contributed by atoms with Crippen LogP contribution in [-0.4, -0.2) is 65.7 Å². The van der Waals surface area contributed by atoms with Crippen LogP contribution in [0.3, 0.4) is 0 Å². The van der Waals surface area contributed by atoms with Gasteiger partial charge >= 0.3 is 0 Å². The summed E-state index contributed by atoms with van der Waals surface area (Å²) in [6.07, 6.45) is 6.33. The zero-order chi connectivity index (χ0) is 19.9. The van der Waals surface area contributed by atoms with E-state index < -0.39 is 0 Å². The number of hydrogen-bond acceptors (Lipinski definition) is 4. The Bertz CT molecular complexity index is 650. The summed E-state index contributed by atoms with van der Waals surface area (Å²) in [6.45, 7) is 11.4. The van der Waals surface area contributed by atoms with Gasteiger partial charge in [-0.25, -0.2) is 4.99 Å². The average Bonchev–Trinajstić information content (AvgIpc) is 2.96. The molecule has 2 aliphatic heterocycles. The number of halogens is 1. The van der Waals surface area contributed by atoms with Gasteiger partial charge in [0.05, 0.1) is 31.1 Å². The van der Waals surface area contributed by atoms with Crippen molar-refractivity contribution in [3.05, 3.63) is 17.0 Å². The number of piperidine rings is 1. The van der Waals surface area contributed by atoms with Gasteiger partial charge in [-0.3, -0.25) is 4.68 Å². The third kappa shape index (κ3) is 6.82. The minimum Gasteiger partial charge on any atom is -0.376 e. The quantitative estimate of drug-likeness (QED) is 0.356. The third-order valence-electron chi connectivity index (χ3n) is 5.91. The maximum absolute atomic E-state index is 6.15. The summed E-state index contributed by atoms with van der Waals surface area (Å²) in [5, 5.41) is 7.96. The fraction of sp³-hybridized carbons (Fsp3) is 0.810. The van der Waals surface area contributed by atoms with E-state index in [1.54, 1.807) is 0 Å². The number of likely N-dealkylation sites (tertiary alicyclic amines) is 1. The fourth-order valence-corrected chi connectivity index (χ4v) is 4.04. The lowest BCUT2D eigenvalue weighted by Crippen LogP contribution is -2.47. The predicted molar refractivity (Wildman–Crippen MR) is 127 cm³/mol. The summed E-state index contributed by atoms with van der Waals surface area (Å²) >= 11 is 0. The zero-order valence-corrected chi connectivity index (χ0v) is 20.8. The molecule has 8 heteroatoms. The number of aryl methyl sites for hydroxylation is 2. The highest BCUT2D eigenvalue weighted by molar-refractivity contribution is 14.0. The maximum Gasteiger partial charge on any atom is 0.194 e. The summed E-state index contributed by atoms with van der Waals surface area (Å²) in [6, 6.07) is 0. The molecule has 3 rings (SSSR count). The average molecular weight is 519 g/mol. The molecule has 1 aromatic heterocycles. The van der Waals surface area contributed by atoms with Crippen molar-refractivity contribution in [2.24, 2.45) is 12.0 Å². The van der Waals surface area contributed by atoms with E-state index in [1.165, 1.54) is 24.1 Å². The highest BCUT2D eigenvalue weighted by Crippen LogP contribution is 2.18. The first kappa shape index (κ1) is 24.4. The second kappa shape index (κ2) is 12.1. The summed E-state index contributed by atoms with van der Waals surface area (Å²) in [5.41, 5.74) is 3.48. The van der Waals surface area contributed by atoms with E-state index in [0.717, 1.165) is 63.8 Å². The van der Waals surface area contributed by atoms with Gasteiger partial charge in [-0.2, -0.15) is 5.10 Å². The number of rotatable bonds is 6. The molecule has 1 unspecified atom stereocenters. The van der Waals surface area contributed by atoms with Crippen LogP contribution in [-0.2, 0) is 23.1 Å². The Morgan fingerprint density at radius 3 is 2.59 bits per heavy atom. The van der Waals surface area contributed by atoms with Gasteiger partial charge in [-0.15, -0.1) is 24.0 Å². The van der Waals surface area contributed by atoms with Gasteiger partial charge in [0, 0.05) is 44.5 Å². The minimum atomic E-state index is 0. The van der Waals surface area contributed by atoms with Gasteiger partial charge in [0.15, 0.2) is 5.96 Å². The lowest BCUT2D eigenvalue weighted by Gasteiger charge is -2.35. The van der Waals surface area contributed by atoms with Gasteiger partial charge in [0.25, 0.3) is 0 Å². The van der Waals surface area contributed by atoms with Crippen LogP contribution >= 0.6 is 24.0 Å². The SMILES string of the molecule is CCNC(=NCc1c(C)nn(C)c1C)N1CCC(OCC2CCCCO2)CC1.I. The molecule has 1 aromatic rings. The van der Waals surface area contributed by atoms with Crippen LogP contribution in [0.25, 0.3) is 0 Å².